The van der Waals surface area contributed by atoms with Crippen LogP contribution in [0.5, 0.6) is 0 Å². The van der Waals surface area contributed by atoms with Crippen LogP contribution in [0.2, 0.25) is 0 Å². The molecule has 0 fully saturated rings. The van der Waals surface area contributed by atoms with Crippen molar-refractivity contribution >= 4 is 16.8 Å². The normalized spacial score (nSPS) is 13.8. The van der Waals surface area contributed by atoms with Gasteiger partial charge in [-0.1, -0.05) is 12.1 Å². The number of ether oxygens (including phenoxy) is 1. The first kappa shape index (κ1) is 17.7. The monoisotopic (exact) mass is 370 g/mol. The molecule has 0 saturated carbocycles. The second-order valence-corrected chi connectivity index (χ2v) is 6.75. The van der Waals surface area contributed by atoms with Gasteiger partial charge >= 0.3 is 0 Å². The molecule has 1 aromatic heterocycles. The van der Waals surface area contributed by atoms with E-state index in [1.54, 1.807) is 12.0 Å². The summed E-state index contributed by atoms with van der Waals surface area (Å²) < 4.78 is 34.9. The van der Waals surface area contributed by atoms with Crippen molar-refractivity contribution in [2.45, 2.75) is 19.5 Å². The molecule has 2 heterocycles. The summed E-state index contributed by atoms with van der Waals surface area (Å²) in [6, 6.07) is 8.98. The fourth-order valence-corrected chi connectivity index (χ4v) is 3.76. The maximum absolute atomic E-state index is 14.0. The lowest BCUT2D eigenvalue weighted by molar-refractivity contribution is 0.0742. The Labute approximate surface area is 156 Å². The number of rotatable bonds is 4. The molecule has 1 aliphatic heterocycles. The topological polar surface area (TPSA) is 34.5 Å². The third-order valence-electron chi connectivity index (χ3n) is 5.07. The van der Waals surface area contributed by atoms with Crippen LogP contribution in [-0.2, 0) is 24.2 Å². The number of hydrogen-bond acceptors (Lipinski definition) is 2. The van der Waals surface area contributed by atoms with E-state index in [2.05, 4.69) is 16.8 Å². The predicted octanol–water partition coefficient (Wildman–Crippen LogP) is 3.76. The third-order valence-corrected chi connectivity index (χ3v) is 5.07. The minimum atomic E-state index is -0.701. The van der Waals surface area contributed by atoms with Crippen LogP contribution in [0.25, 0.3) is 10.9 Å². The van der Waals surface area contributed by atoms with Crippen LogP contribution in [-0.4, -0.2) is 35.6 Å². The van der Waals surface area contributed by atoms with Gasteiger partial charge in [-0.2, -0.15) is 0 Å². The Kier molecular flexibility index (Phi) is 4.66. The molecule has 0 atom stereocenters. The molecule has 1 amide bonds. The number of carbonyl (C=O) groups is 1. The second-order valence-electron chi connectivity index (χ2n) is 6.75. The lowest BCUT2D eigenvalue weighted by Gasteiger charge is -2.21. The number of hydrogen-bond donors (Lipinski definition) is 0. The van der Waals surface area contributed by atoms with E-state index < -0.39 is 17.5 Å². The van der Waals surface area contributed by atoms with Crippen molar-refractivity contribution in [2.75, 3.05) is 20.3 Å². The van der Waals surface area contributed by atoms with Gasteiger partial charge in [0.05, 0.1) is 12.2 Å². The number of aromatic nitrogens is 1. The van der Waals surface area contributed by atoms with Gasteiger partial charge in [-0.25, -0.2) is 8.78 Å². The Balaban J connectivity index is 1.69. The molecule has 0 N–H and O–H groups in total. The van der Waals surface area contributed by atoms with Crippen LogP contribution in [0.15, 0.2) is 42.6 Å². The van der Waals surface area contributed by atoms with Crippen LogP contribution >= 0.6 is 0 Å². The summed E-state index contributed by atoms with van der Waals surface area (Å²) in [6.07, 6.45) is 2.76. The molecule has 2 aromatic carbocycles. The van der Waals surface area contributed by atoms with Crippen molar-refractivity contribution in [2.24, 2.45) is 0 Å². The summed E-state index contributed by atoms with van der Waals surface area (Å²) >= 11 is 0. The molecule has 6 heteroatoms. The molecule has 4 nitrogen and oxygen atoms in total. The minimum absolute atomic E-state index is 0.223. The van der Waals surface area contributed by atoms with Gasteiger partial charge in [-0.05, 0) is 41.8 Å². The third kappa shape index (κ3) is 3.21. The molecule has 27 heavy (non-hydrogen) atoms. The van der Waals surface area contributed by atoms with Crippen LogP contribution < -0.4 is 0 Å². The van der Waals surface area contributed by atoms with Crippen molar-refractivity contribution in [3.05, 3.63) is 70.9 Å². The number of halogens is 2. The van der Waals surface area contributed by atoms with Gasteiger partial charge in [0.25, 0.3) is 5.91 Å². The molecular weight excluding hydrogens is 350 g/mol. The van der Waals surface area contributed by atoms with Gasteiger partial charge < -0.3 is 14.2 Å². The average molecular weight is 370 g/mol. The van der Waals surface area contributed by atoms with E-state index in [1.165, 1.54) is 0 Å². The molecule has 140 valence electrons. The van der Waals surface area contributed by atoms with E-state index >= 15 is 0 Å². The van der Waals surface area contributed by atoms with Gasteiger partial charge in [0.1, 0.15) is 11.6 Å². The summed E-state index contributed by atoms with van der Waals surface area (Å²) in [5.74, 6) is -1.80. The molecule has 0 aliphatic carbocycles. The van der Waals surface area contributed by atoms with Crippen LogP contribution in [0.3, 0.4) is 0 Å². The zero-order chi connectivity index (χ0) is 19.0. The molecule has 0 bridgehead atoms. The van der Waals surface area contributed by atoms with Crippen molar-refractivity contribution in [3.8, 4) is 0 Å². The highest BCUT2D eigenvalue weighted by Crippen LogP contribution is 2.30. The number of methoxy groups -OCH3 is 1. The van der Waals surface area contributed by atoms with Gasteiger partial charge in [-0.3, -0.25) is 4.79 Å². The highest BCUT2D eigenvalue weighted by molar-refractivity contribution is 5.95. The molecule has 0 saturated heterocycles. The fourth-order valence-electron chi connectivity index (χ4n) is 3.76. The molecule has 4 rings (SSSR count). The maximum Gasteiger partial charge on any atom is 0.257 e. The summed E-state index contributed by atoms with van der Waals surface area (Å²) in [7, 11) is 1.68. The summed E-state index contributed by atoms with van der Waals surface area (Å²) in [5.41, 5.74) is 3.05. The number of benzene rings is 2. The van der Waals surface area contributed by atoms with Crippen LogP contribution in [0.4, 0.5) is 8.78 Å². The Morgan fingerprint density at radius 2 is 2.04 bits per heavy atom. The van der Waals surface area contributed by atoms with E-state index in [-0.39, 0.29) is 5.56 Å². The van der Waals surface area contributed by atoms with E-state index in [0.717, 1.165) is 46.8 Å². The van der Waals surface area contributed by atoms with Crippen molar-refractivity contribution < 1.29 is 18.3 Å². The first-order valence-electron chi connectivity index (χ1n) is 8.91. The Morgan fingerprint density at radius 3 is 2.85 bits per heavy atom. The largest absolute Gasteiger partial charge is 0.383 e. The molecular formula is C21H20F2N2O2. The number of amides is 1. The Hall–Kier alpha value is -2.73. The molecule has 3 aromatic rings. The van der Waals surface area contributed by atoms with Crippen molar-refractivity contribution in [3.63, 3.8) is 0 Å². The highest BCUT2D eigenvalue weighted by Gasteiger charge is 2.25. The first-order valence-corrected chi connectivity index (χ1v) is 8.91. The van der Waals surface area contributed by atoms with E-state index in [0.29, 0.717) is 26.1 Å². The van der Waals surface area contributed by atoms with Gasteiger partial charge in [0, 0.05) is 43.8 Å². The summed E-state index contributed by atoms with van der Waals surface area (Å²) in [6.45, 7) is 2.20. The zero-order valence-electron chi connectivity index (χ0n) is 15.0. The first-order chi connectivity index (χ1) is 13.1. The van der Waals surface area contributed by atoms with Gasteiger partial charge in [-0.15, -0.1) is 0 Å². The van der Waals surface area contributed by atoms with E-state index in [9.17, 15) is 13.6 Å². The zero-order valence-corrected chi connectivity index (χ0v) is 15.0. The summed E-state index contributed by atoms with van der Waals surface area (Å²) in [4.78, 5) is 14.4. The van der Waals surface area contributed by atoms with Gasteiger partial charge in [0.2, 0.25) is 0 Å². The number of nitrogens with zero attached hydrogens (tertiary/aromatic N) is 2. The molecule has 1 aliphatic rings. The van der Waals surface area contributed by atoms with Crippen molar-refractivity contribution in [1.82, 2.24) is 9.47 Å². The Bertz CT molecular complexity index is 1010. The standard InChI is InChI=1S/C21H20F2N2O2/c1-27-10-9-24-12-15-7-8-25(13-14-3-2-4-19(24)20(14)15)21(26)17-11-16(22)5-6-18(17)23/h2-6,11-12H,7-10,13H2,1H3. The lowest BCUT2D eigenvalue weighted by atomic mass is 10.1. The van der Waals surface area contributed by atoms with E-state index in [4.69, 9.17) is 4.74 Å². The SMILES string of the molecule is COCCn1cc2c3c(cccc31)CN(C(=O)c1cc(F)ccc1F)CC2. The quantitative estimate of drug-likeness (QED) is 0.701. The minimum Gasteiger partial charge on any atom is -0.383 e. The lowest BCUT2D eigenvalue weighted by Crippen LogP contribution is -2.32. The summed E-state index contributed by atoms with van der Waals surface area (Å²) in [5, 5.41) is 1.14. The van der Waals surface area contributed by atoms with Crippen molar-refractivity contribution in [1.29, 1.82) is 0 Å². The fraction of sp³-hybridized carbons (Fsp3) is 0.286. The maximum atomic E-state index is 14.0. The number of carbonyl (C=O) groups excluding carboxylic acids is 1. The highest BCUT2D eigenvalue weighted by atomic mass is 19.1. The van der Waals surface area contributed by atoms with Crippen LogP contribution in [0, 0.1) is 11.6 Å². The molecule has 0 radical (unpaired) electrons. The second kappa shape index (κ2) is 7.12. The predicted molar refractivity (Wildman–Crippen MR) is 98.6 cm³/mol. The Morgan fingerprint density at radius 1 is 1.19 bits per heavy atom. The van der Waals surface area contributed by atoms with Gasteiger partial charge in [0.15, 0.2) is 0 Å². The molecule has 0 unspecified atom stereocenters. The van der Waals surface area contributed by atoms with E-state index in [1.807, 2.05) is 12.1 Å². The average Bonchev–Trinajstić information content (AvgIpc) is 2.92. The molecule has 0 spiro atoms. The van der Waals surface area contributed by atoms with Crippen LogP contribution in [0.1, 0.15) is 21.5 Å². The smallest absolute Gasteiger partial charge is 0.257 e.